The summed E-state index contributed by atoms with van der Waals surface area (Å²) in [5.41, 5.74) is 0. The summed E-state index contributed by atoms with van der Waals surface area (Å²) in [6, 6.07) is 0. The van der Waals surface area contributed by atoms with Crippen LogP contribution in [-0.4, -0.2) is 60.9 Å². The third-order valence-electron chi connectivity index (χ3n) is 2.59. The van der Waals surface area contributed by atoms with Gasteiger partial charge in [-0.3, -0.25) is 0 Å². The number of rotatable bonds is 1. The molecular formula is C9H18N2OS. The number of hydrogen-bond donors (Lipinski definition) is 0. The van der Waals surface area contributed by atoms with Crippen LogP contribution in [0.25, 0.3) is 0 Å². The summed E-state index contributed by atoms with van der Waals surface area (Å²) in [5, 5.41) is 4.98. The molecule has 2 aliphatic rings. The molecule has 0 saturated carbocycles. The van der Waals surface area contributed by atoms with Gasteiger partial charge in [0.1, 0.15) is 0 Å². The molecule has 0 spiro atoms. The van der Waals surface area contributed by atoms with E-state index in [0.717, 1.165) is 19.8 Å². The van der Waals surface area contributed by atoms with E-state index in [4.69, 9.17) is 4.74 Å². The van der Waals surface area contributed by atoms with Gasteiger partial charge in [0, 0.05) is 44.3 Å². The van der Waals surface area contributed by atoms with Crippen LogP contribution in [0.4, 0.5) is 0 Å². The van der Waals surface area contributed by atoms with E-state index in [1.54, 1.807) is 0 Å². The molecule has 0 amide bonds. The summed E-state index contributed by atoms with van der Waals surface area (Å²) >= 11 is 2.07. The van der Waals surface area contributed by atoms with Crippen LogP contribution < -0.4 is 0 Å². The molecule has 4 heteroatoms. The van der Waals surface area contributed by atoms with Crippen LogP contribution in [0, 0.1) is 0 Å². The molecule has 2 saturated heterocycles. The average Bonchev–Trinajstić information content (AvgIpc) is 2.47. The van der Waals surface area contributed by atoms with Crippen molar-refractivity contribution in [1.29, 1.82) is 0 Å². The normalized spacial score (nSPS) is 28.6. The fourth-order valence-corrected chi connectivity index (χ4v) is 2.74. The molecule has 13 heavy (non-hydrogen) atoms. The largest absolute Gasteiger partial charge is 0.380 e. The topological polar surface area (TPSA) is 15.7 Å². The van der Waals surface area contributed by atoms with Crippen molar-refractivity contribution in [2.75, 3.05) is 50.9 Å². The minimum absolute atomic E-state index is 0.906. The van der Waals surface area contributed by atoms with Gasteiger partial charge in [0.15, 0.2) is 0 Å². The fourth-order valence-electron chi connectivity index (χ4n) is 1.85. The van der Waals surface area contributed by atoms with Crippen molar-refractivity contribution in [1.82, 2.24) is 10.0 Å². The Hall–Kier alpha value is 0.230. The number of nitrogens with zero attached hydrogens (tertiary/aromatic N) is 2. The summed E-state index contributed by atoms with van der Waals surface area (Å²) in [6.45, 7) is 6.58. The summed E-state index contributed by atoms with van der Waals surface area (Å²) in [6.07, 6.45) is 1.18. The first-order chi connectivity index (χ1) is 6.47. The van der Waals surface area contributed by atoms with Gasteiger partial charge in [-0.2, -0.15) is 11.8 Å². The maximum absolute atomic E-state index is 5.44. The Kier molecular flexibility index (Phi) is 3.91. The van der Waals surface area contributed by atoms with Gasteiger partial charge in [0.25, 0.3) is 0 Å². The van der Waals surface area contributed by atoms with Crippen LogP contribution in [0.1, 0.15) is 6.42 Å². The molecule has 0 radical (unpaired) electrons. The van der Waals surface area contributed by atoms with E-state index >= 15 is 0 Å². The van der Waals surface area contributed by atoms with E-state index in [1.807, 2.05) is 0 Å². The SMILES string of the molecule is C1COCCN(N2CCSCC2)C1. The average molecular weight is 202 g/mol. The number of thioether (sulfide) groups is 1. The first-order valence-electron chi connectivity index (χ1n) is 5.12. The van der Waals surface area contributed by atoms with E-state index < -0.39 is 0 Å². The first kappa shape index (κ1) is 9.77. The van der Waals surface area contributed by atoms with Crippen LogP contribution >= 0.6 is 11.8 Å². The van der Waals surface area contributed by atoms with Crippen LogP contribution in [0.2, 0.25) is 0 Å². The molecule has 2 rings (SSSR count). The first-order valence-corrected chi connectivity index (χ1v) is 6.27. The summed E-state index contributed by atoms with van der Waals surface area (Å²) < 4.78 is 5.44. The second-order valence-corrected chi connectivity index (χ2v) is 4.71. The molecular weight excluding hydrogens is 184 g/mol. The van der Waals surface area contributed by atoms with Crippen LogP contribution in [0.5, 0.6) is 0 Å². The lowest BCUT2D eigenvalue weighted by Crippen LogP contribution is -2.48. The molecule has 76 valence electrons. The molecule has 0 aromatic rings. The van der Waals surface area contributed by atoms with Gasteiger partial charge in [0.05, 0.1) is 6.61 Å². The Morgan fingerprint density at radius 1 is 0.846 bits per heavy atom. The molecule has 2 fully saturated rings. The van der Waals surface area contributed by atoms with Crippen molar-refractivity contribution in [2.45, 2.75) is 6.42 Å². The van der Waals surface area contributed by atoms with Crippen molar-refractivity contribution in [3.8, 4) is 0 Å². The van der Waals surface area contributed by atoms with Gasteiger partial charge in [0.2, 0.25) is 0 Å². The van der Waals surface area contributed by atoms with E-state index in [1.165, 1.54) is 37.6 Å². The Morgan fingerprint density at radius 2 is 1.62 bits per heavy atom. The molecule has 0 N–H and O–H groups in total. The lowest BCUT2D eigenvalue weighted by Gasteiger charge is -2.36. The summed E-state index contributed by atoms with van der Waals surface area (Å²) in [4.78, 5) is 0. The zero-order chi connectivity index (χ0) is 8.93. The van der Waals surface area contributed by atoms with Crippen LogP contribution in [-0.2, 0) is 4.74 Å². The van der Waals surface area contributed by atoms with E-state index in [2.05, 4.69) is 21.8 Å². The monoisotopic (exact) mass is 202 g/mol. The second-order valence-electron chi connectivity index (χ2n) is 3.49. The highest BCUT2D eigenvalue weighted by atomic mass is 32.2. The molecule has 0 aromatic carbocycles. The Bertz CT molecular complexity index is 143. The predicted octanol–water partition coefficient (Wildman–Crippen LogP) is 0.673. The maximum atomic E-state index is 5.44. The highest BCUT2D eigenvalue weighted by Gasteiger charge is 2.18. The maximum Gasteiger partial charge on any atom is 0.0607 e. The Morgan fingerprint density at radius 3 is 2.46 bits per heavy atom. The van der Waals surface area contributed by atoms with Crippen molar-refractivity contribution in [2.24, 2.45) is 0 Å². The molecule has 0 aromatic heterocycles. The minimum atomic E-state index is 0.906. The van der Waals surface area contributed by atoms with E-state index in [-0.39, 0.29) is 0 Å². The molecule has 3 nitrogen and oxygen atoms in total. The zero-order valence-electron chi connectivity index (χ0n) is 8.07. The van der Waals surface area contributed by atoms with Crippen LogP contribution in [0.15, 0.2) is 0 Å². The van der Waals surface area contributed by atoms with Crippen LogP contribution in [0.3, 0.4) is 0 Å². The van der Waals surface area contributed by atoms with Gasteiger partial charge in [-0.1, -0.05) is 0 Å². The zero-order valence-corrected chi connectivity index (χ0v) is 8.89. The van der Waals surface area contributed by atoms with Gasteiger partial charge >= 0.3 is 0 Å². The number of hydrogen-bond acceptors (Lipinski definition) is 4. The number of ether oxygens (including phenoxy) is 1. The van der Waals surface area contributed by atoms with Gasteiger partial charge in [-0.05, 0) is 6.42 Å². The molecule has 2 heterocycles. The predicted molar refractivity (Wildman–Crippen MR) is 55.9 cm³/mol. The third kappa shape index (κ3) is 2.84. The lowest BCUT2D eigenvalue weighted by molar-refractivity contribution is -0.0172. The molecule has 0 aliphatic carbocycles. The minimum Gasteiger partial charge on any atom is -0.380 e. The molecule has 0 unspecified atom stereocenters. The molecule has 2 aliphatic heterocycles. The smallest absolute Gasteiger partial charge is 0.0607 e. The van der Waals surface area contributed by atoms with Gasteiger partial charge < -0.3 is 4.74 Å². The summed E-state index contributed by atoms with van der Waals surface area (Å²) in [5.74, 6) is 2.58. The highest BCUT2D eigenvalue weighted by molar-refractivity contribution is 7.99. The molecule has 0 atom stereocenters. The second kappa shape index (κ2) is 5.20. The van der Waals surface area contributed by atoms with Crippen molar-refractivity contribution in [3.05, 3.63) is 0 Å². The summed E-state index contributed by atoms with van der Waals surface area (Å²) in [7, 11) is 0. The van der Waals surface area contributed by atoms with Gasteiger partial charge in [-0.15, -0.1) is 0 Å². The van der Waals surface area contributed by atoms with Crippen molar-refractivity contribution >= 4 is 11.8 Å². The highest BCUT2D eigenvalue weighted by Crippen LogP contribution is 2.12. The quantitative estimate of drug-likeness (QED) is 0.621. The van der Waals surface area contributed by atoms with Crippen molar-refractivity contribution < 1.29 is 4.74 Å². The van der Waals surface area contributed by atoms with Crippen molar-refractivity contribution in [3.63, 3.8) is 0 Å². The number of hydrazine groups is 1. The lowest BCUT2D eigenvalue weighted by atomic mass is 10.4. The van der Waals surface area contributed by atoms with Gasteiger partial charge in [-0.25, -0.2) is 10.0 Å². The standard InChI is InChI=1S/C9H18N2OS/c1-2-10(3-7-12-6-1)11-4-8-13-9-5-11/h1-9H2. The fraction of sp³-hybridized carbons (Fsp3) is 1.00. The molecule has 0 bridgehead atoms. The van der Waals surface area contributed by atoms with E-state index in [9.17, 15) is 0 Å². The Labute approximate surface area is 84.4 Å². The Balaban J connectivity index is 1.82. The third-order valence-corrected chi connectivity index (χ3v) is 3.53. The van der Waals surface area contributed by atoms with E-state index in [0.29, 0.717) is 0 Å².